The van der Waals surface area contributed by atoms with Crippen molar-refractivity contribution in [3.8, 4) is 5.75 Å². The van der Waals surface area contributed by atoms with Crippen molar-refractivity contribution in [3.05, 3.63) is 89.1 Å². The van der Waals surface area contributed by atoms with Crippen LogP contribution in [0.2, 0.25) is 0 Å². The summed E-state index contributed by atoms with van der Waals surface area (Å²) >= 11 is 14.5. The van der Waals surface area contributed by atoms with E-state index in [0.29, 0.717) is 5.57 Å². The number of alkyl halides is 2. The number of nitrogens with zero attached hydrogens (tertiary/aromatic N) is 2. The molecule has 46 heavy (non-hydrogen) atoms. The number of aliphatic hydroxyl groups is 1. The number of carboxylic acids is 1. The molecule has 2 saturated heterocycles. The predicted octanol–water partition coefficient (Wildman–Crippen LogP) is 4.08. The van der Waals surface area contributed by atoms with E-state index in [9.17, 15) is 43.7 Å². The zero-order valence-electron chi connectivity index (χ0n) is 23.5. The van der Waals surface area contributed by atoms with Crippen molar-refractivity contribution in [1.29, 1.82) is 0 Å². The van der Waals surface area contributed by atoms with E-state index in [1.54, 1.807) is 6.08 Å². The molecular formula is C32H23Cl2FN2O9. The van der Waals surface area contributed by atoms with Crippen molar-refractivity contribution in [2.45, 2.75) is 35.1 Å². The number of amides is 4. The normalized spacial score (nSPS) is 30.3. The van der Waals surface area contributed by atoms with Crippen molar-refractivity contribution < 1.29 is 48.1 Å². The summed E-state index contributed by atoms with van der Waals surface area (Å²) < 4.78 is 19.6. The number of imide groups is 2. The van der Waals surface area contributed by atoms with Gasteiger partial charge in [0.2, 0.25) is 11.8 Å². The Kier molecular flexibility index (Phi) is 6.71. The number of carboxylic acid groups (broad SMARTS) is 1. The Bertz CT molecular complexity index is 1910. The zero-order valence-corrected chi connectivity index (χ0v) is 25.0. The van der Waals surface area contributed by atoms with Crippen molar-refractivity contribution in [3.63, 3.8) is 0 Å². The summed E-state index contributed by atoms with van der Waals surface area (Å²) in [5.74, 6) is -9.55. The lowest BCUT2D eigenvalue weighted by Gasteiger charge is -2.49. The van der Waals surface area contributed by atoms with Crippen LogP contribution in [0.5, 0.6) is 5.75 Å². The van der Waals surface area contributed by atoms with Gasteiger partial charge in [0.25, 0.3) is 11.8 Å². The minimum absolute atomic E-state index is 0.0258. The summed E-state index contributed by atoms with van der Waals surface area (Å²) in [6.45, 7) is -0.481. The van der Waals surface area contributed by atoms with Crippen LogP contribution in [0.15, 0.2) is 70.7 Å². The molecule has 3 N–H and O–H groups in total. The number of hydrogen-bond acceptors (Lipinski definition) is 8. The first-order valence-electron chi connectivity index (χ1n) is 14.2. The SMILES string of the molecule is O=C(O)c1ccc(N2C(=O)[C@H]3[C@H](CC=C4[C@H]3C[C@@]3(Cl)C(=O)N(c5ccc(F)cc5)C(=O)[C@@]3(Cl)[C@H]4c3ccc(CO)o3)C2=O)cc1O. The average Bonchev–Trinajstić information content (AvgIpc) is 3.63. The van der Waals surface area contributed by atoms with Crippen LogP contribution < -0.4 is 9.80 Å². The lowest BCUT2D eigenvalue weighted by Crippen LogP contribution is -2.60. The van der Waals surface area contributed by atoms with E-state index < -0.39 is 86.8 Å². The molecule has 4 aliphatic rings. The number of rotatable bonds is 5. The second-order valence-electron chi connectivity index (χ2n) is 11.7. The quantitative estimate of drug-likeness (QED) is 0.206. The van der Waals surface area contributed by atoms with Gasteiger partial charge in [-0.1, -0.05) is 11.6 Å². The molecule has 2 aliphatic heterocycles. The second kappa shape index (κ2) is 10.2. The Labute approximate surface area is 269 Å². The zero-order chi connectivity index (χ0) is 32.9. The summed E-state index contributed by atoms with van der Waals surface area (Å²) in [6.07, 6.45) is 1.41. The summed E-state index contributed by atoms with van der Waals surface area (Å²) in [4.78, 5) is 65.0. The van der Waals surface area contributed by atoms with E-state index in [-0.39, 0.29) is 35.7 Å². The number of halogens is 3. The molecule has 1 saturated carbocycles. The Morgan fingerprint density at radius 2 is 1.63 bits per heavy atom. The maximum Gasteiger partial charge on any atom is 0.339 e. The number of furan rings is 1. The van der Waals surface area contributed by atoms with Crippen LogP contribution in [0.4, 0.5) is 15.8 Å². The number of phenols is 1. The van der Waals surface area contributed by atoms with Gasteiger partial charge >= 0.3 is 5.97 Å². The summed E-state index contributed by atoms with van der Waals surface area (Å²) in [6, 6.07) is 10.9. The van der Waals surface area contributed by atoms with Crippen molar-refractivity contribution >= 4 is 64.2 Å². The Morgan fingerprint density at radius 3 is 2.26 bits per heavy atom. The minimum atomic E-state index is -2.19. The fraction of sp³-hybridized carbons (Fsp3) is 0.281. The first kappa shape index (κ1) is 30.2. The van der Waals surface area contributed by atoms with Crippen molar-refractivity contribution in [2.24, 2.45) is 17.8 Å². The maximum absolute atomic E-state index is 14.3. The molecule has 2 aromatic carbocycles. The molecule has 0 bridgehead atoms. The van der Waals surface area contributed by atoms with Crippen LogP contribution in [0.25, 0.3) is 0 Å². The number of fused-ring (bicyclic) bond motifs is 4. The lowest BCUT2D eigenvalue weighted by molar-refractivity contribution is -0.125. The smallest absolute Gasteiger partial charge is 0.339 e. The van der Waals surface area contributed by atoms with E-state index in [1.165, 1.54) is 30.3 Å². The third-order valence-electron chi connectivity index (χ3n) is 9.49. The van der Waals surface area contributed by atoms with E-state index >= 15 is 0 Å². The number of hydrogen-bond donors (Lipinski definition) is 3. The van der Waals surface area contributed by atoms with Gasteiger partial charge in [-0.15, -0.1) is 23.2 Å². The van der Waals surface area contributed by atoms with Crippen molar-refractivity contribution in [1.82, 2.24) is 0 Å². The number of aliphatic hydroxyl groups excluding tert-OH is 1. The number of aromatic carboxylic acids is 1. The number of carbonyl (C=O) groups excluding carboxylic acids is 4. The molecule has 3 aromatic rings. The first-order valence-corrected chi connectivity index (χ1v) is 14.9. The van der Waals surface area contributed by atoms with Gasteiger partial charge in [0, 0.05) is 6.07 Å². The Balaban J connectivity index is 1.36. The molecule has 0 radical (unpaired) electrons. The molecule has 6 atom stereocenters. The highest BCUT2D eigenvalue weighted by Gasteiger charge is 2.77. The van der Waals surface area contributed by atoms with Crippen LogP contribution in [0.3, 0.4) is 0 Å². The maximum atomic E-state index is 14.3. The van der Waals surface area contributed by atoms with E-state index in [2.05, 4.69) is 0 Å². The van der Waals surface area contributed by atoms with Crippen LogP contribution in [-0.2, 0) is 25.8 Å². The number of allylic oxidation sites excluding steroid dienone is 2. The molecule has 236 valence electrons. The molecule has 1 aromatic heterocycles. The van der Waals surface area contributed by atoms with E-state index in [1.807, 2.05) is 0 Å². The Hall–Kier alpha value is -4.52. The molecule has 4 amide bonds. The molecular weight excluding hydrogens is 646 g/mol. The minimum Gasteiger partial charge on any atom is -0.507 e. The number of aromatic hydroxyl groups is 1. The number of benzene rings is 2. The monoisotopic (exact) mass is 668 g/mol. The van der Waals surface area contributed by atoms with Gasteiger partial charge in [0.15, 0.2) is 9.75 Å². The van der Waals surface area contributed by atoms with Crippen LogP contribution in [-0.4, -0.2) is 54.7 Å². The standard InChI is InChI=1S/C32H23Cl2FN2O9/c33-31-12-21-18(8-9-20-24(21)27(41)36(26(20)40)16-5-7-19(28(42)43)22(39)11-16)25(23-10-6-17(13-38)46-23)32(31,34)30(45)37(29(31)44)15-3-1-14(35)2-4-15/h1-8,10-11,20-21,24-25,38-39H,9,12-13H2,(H,42,43)/t20-,21+,24-,25+,31+,32-/m0/s1. The highest BCUT2D eigenvalue weighted by atomic mass is 35.5. The second-order valence-corrected chi connectivity index (χ2v) is 13.0. The van der Waals surface area contributed by atoms with Gasteiger partial charge in [-0.3, -0.25) is 19.2 Å². The van der Waals surface area contributed by atoms with Crippen molar-refractivity contribution in [2.75, 3.05) is 9.80 Å². The molecule has 11 nitrogen and oxygen atoms in total. The Morgan fingerprint density at radius 1 is 0.935 bits per heavy atom. The van der Waals surface area contributed by atoms with Crippen LogP contribution >= 0.6 is 23.2 Å². The molecule has 14 heteroatoms. The molecule has 7 rings (SSSR count). The third kappa shape index (κ3) is 3.90. The summed E-state index contributed by atoms with van der Waals surface area (Å²) in [5.41, 5.74) is 0.0115. The molecule has 0 spiro atoms. The van der Waals surface area contributed by atoms with E-state index in [4.69, 9.17) is 27.6 Å². The van der Waals surface area contributed by atoms with Gasteiger partial charge in [-0.05, 0) is 67.3 Å². The fourth-order valence-electron chi connectivity index (χ4n) is 7.44. The predicted molar refractivity (Wildman–Crippen MR) is 159 cm³/mol. The highest BCUT2D eigenvalue weighted by Crippen LogP contribution is 2.66. The van der Waals surface area contributed by atoms with Crippen LogP contribution in [0.1, 0.15) is 40.6 Å². The van der Waals surface area contributed by atoms with Gasteiger partial charge in [0.1, 0.15) is 35.3 Å². The van der Waals surface area contributed by atoms with Gasteiger partial charge in [-0.2, -0.15) is 0 Å². The number of anilines is 2. The highest BCUT2D eigenvalue weighted by molar-refractivity contribution is 6.58. The fourth-order valence-corrected chi connectivity index (χ4v) is 8.36. The third-order valence-corrected chi connectivity index (χ3v) is 10.9. The largest absolute Gasteiger partial charge is 0.507 e. The lowest BCUT2D eigenvalue weighted by atomic mass is 9.57. The molecule has 3 heterocycles. The molecule has 3 fully saturated rings. The average molecular weight is 669 g/mol. The van der Waals surface area contributed by atoms with Gasteiger partial charge in [-0.25, -0.2) is 19.0 Å². The van der Waals surface area contributed by atoms with Gasteiger partial charge in [0.05, 0.1) is 29.1 Å². The topological polar surface area (TPSA) is 166 Å². The first-order chi connectivity index (χ1) is 21.8. The molecule has 2 aliphatic carbocycles. The van der Waals surface area contributed by atoms with Crippen LogP contribution in [0, 0.1) is 23.6 Å². The van der Waals surface area contributed by atoms with Gasteiger partial charge < -0.3 is 19.7 Å². The summed E-state index contributed by atoms with van der Waals surface area (Å²) in [7, 11) is 0. The van der Waals surface area contributed by atoms with E-state index in [0.717, 1.165) is 34.1 Å². The molecule has 0 unspecified atom stereocenters. The summed E-state index contributed by atoms with van der Waals surface area (Å²) in [5, 5.41) is 29.3. The number of carbonyl (C=O) groups is 5.